The first-order valence-corrected chi connectivity index (χ1v) is 7.15. The molecule has 98 valence electrons. The molecule has 19 heavy (non-hydrogen) atoms. The summed E-state index contributed by atoms with van der Waals surface area (Å²) in [6.07, 6.45) is 5.16. The lowest BCUT2D eigenvalue weighted by Crippen LogP contribution is -2.19. The topological polar surface area (TPSA) is 44.5 Å². The molecule has 0 bridgehead atoms. The lowest BCUT2D eigenvalue weighted by atomic mass is 9.89. The van der Waals surface area contributed by atoms with Crippen LogP contribution in [0.3, 0.4) is 0 Å². The molecule has 0 radical (unpaired) electrons. The minimum atomic E-state index is 0.343. The fourth-order valence-electron chi connectivity index (χ4n) is 3.15. The molecule has 0 aliphatic heterocycles. The van der Waals surface area contributed by atoms with E-state index in [4.69, 9.17) is 17.5 Å². The smallest absolute Gasteiger partial charge is 0.178 e. The highest BCUT2D eigenvalue weighted by Crippen LogP contribution is 2.39. The summed E-state index contributed by atoms with van der Waals surface area (Å²) in [5, 5.41) is 9.03. The average Bonchev–Trinajstić information content (AvgIpc) is 2.95. The zero-order valence-electron chi connectivity index (χ0n) is 11.1. The van der Waals surface area contributed by atoms with Crippen molar-refractivity contribution < 1.29 is 0 Å². The van der Waals surface area contributed by atoms with E-state index in [0.29, 0.717) is 11.0 Å². The van der Waals surface area contributed by atoms with Crippen LogP contribution in [0, 0.1) is 21.5 Å². The SMILES string of the molecule is CC1(Cn2c(=S)[nH]c3ccc(C#N)cc32)CCCC1. The van der Waals surface area contributed by atoms with E-state index in [2.05, 4.69) is 22.5 Å². The van der Waals surface area contributed by atoms with E-state index in [1.807, 2.05) is 18.2 Å². The van der Waals surface area contributed by atoms with E-state index in [1.54, 1.807) is 0 Å². The highest BCUT2D eigenvalue weighted by Gasteiger charge is 2.29. The van der Waals surface area contributed by atoms with E-state index < -0.39 is 0 Å². The standard InChI is InChI=1S/C15H17N3S/c1-15(6-2-3-7-15)10-18-13-8-11(9-16)4-5-12(13)17-14(18)19/h4-5,8H,2-3,6-7,10H2,1H3,(H,17,19). The van der Waals surface area contributed by atoms with Crippen LogP contribution in [0.4, 0.5) is 0 Å². The molecule has 0 amide bonds. The van der Waals surface area contributed by atoms with E-state index in [0.717, 1.165) is 22.3 Å². The predicted molar refractivity (Wildman–Crippen MR) is 78.4 cm³/mol. The lowest BCUT2D eigenvalue weighted by molar-refractivity contribution is 0.284. The Hall–Kier alpha value is -1.60. The molecular weight excluding hydrogens is 254 g/mol. The molecule has 4 heteroatoms. The first-order chi connectivity index (χ1) is 9.11. The number of rotatable bonds is 2. The molecule has 1 N–H and O–H groups in total. The number of nitrogens with zero attached hydrogens (tertiary/aromatic N) is 2. The van der Waals surface area contributed by atoms with Crippen LogP contribution in [0.25, 0.3) is 11.0 Å². The molecule has 2 aromatic rings. The highest BCUT2D eigenvalue weighted by atomic mass is 32.1. The number of aromatic nitrogens is 2. The summed E-state index contributed by atoms with van der Waals surface area (Å²) in [7, 11) is 0. The van der Waals surface area contributed by atoms with E-state index in [-0.39, 0.29) is 0 Å². The van der Waals surface area contributed by atoms with Crippen LogP contribution in [0.5, 0.6) is 0 Å². The van der Waals surface area contributed by atoms with Gasteiger partial charge in [-0.15, -0.1) is 0 Å². The molecule has 3 rings (SSSR count). The van der Waals surface area contributed by atoms with Gasteiger partial charge in [0.15, 0.2) is 4.77 Å². The second-order valence-corrected chi connectivity index (χ2v) is 6.26. The average molecular weight is 271 g/mol. The van der Waals surface area contributed by atoms with Gasteiger partial charge in [0.2, 0.25) is 0 Å². The number of fused-ring (bicyclic) bond motifs is 1. The Labute approximate surface area is 117 Å². The monoisotopic (exact) mass is 271 g/mol. The largest absolute Gasteiger partial charge is 0.331 e. The van der Waals surface area contributed by atoms with Gasteiger partial charge in [-0.05, 0) is 48.7 Å². The molecule has 0 atom stereocenters. The van der Waals surface area contributed by atoms with Crippen molar-refractivity contribution in [2.75, 3.05) is 0 Å². The van der Waals surface area contributed by atoms with Crippen LogP contribution < -0.4 is 0 Å². The minimum absolute atomic E-state index is 0.343. The molecule has 1 aromatic carbocycles. The molecular formula is C15H17N3S. The van der Waals surface area contributed by atoms with Gasteiger partial charge in [0.05, 0.1) is 22.7 Å². The maximum absolute atomic E-state index is 9.03. The number of H-pyrrole nitrogens is 1. The maximum Gasteiger partial charge on any atom is 0.178 e. The van der Waals surface area contributed by atoms with E-state index in [1.165, 1.54) is 25.7 Å². The maximum atomic E-state index is 9.03. The Balaban J connectivity index is 2.09. The molecule has 1 fully saturated rings. The number of hydrogen-bond acceptors (Lipinski definition) is 2. The third-order valence-electron chi connectivity index (χ3n) is 4.25. The number of hydrogen-bond donors (Lipinski definition) is 1. The fourth-order valence-corrected chi connectivity index (χ4v) is 3.42. The van der Waals surface area contributed by atoms with Crippen LogP contribution in [0.2, 0.25) is 0 Å². The quantitative estimate of drug-likeness (QED) is 0.834. The first-order valence-electron chi connectivity index (χ1n) is 6.74. The normalized spacial score (nSPS) is 17.7. The van der Waals surface area contributed by atoms with Gasteiger partial charge in [-0.1, -0.05) is 19.8 Å². The fraction of sp³-hybridized carbons (Fsp3) is 0.467. The van der Waals surface area contributed by atoms with Crippen molar-refractivity contribution in [3.63, 3.8) is 0 Å². The van der Waals surface area contributed by atoms with Crippen molar-refractivity contribution in [2.24, 2.45) is 5.41 Å². The second-order valence-electron chi connectivity index (χ2n) is 5.88. The summed E-state index contributed by atoms with van der Waals surface area (Å²) in [6, 6.07) is 7.90. The van der Waals surface area contributed by atoms with Crippen molar-refractivity contribution in [1.29, 1.82) is 5.26 Å². The van der Waals surface area contributed by atoms with Crippen molar-refractivity contribution in [1.82, 2.24) is 9.55 Å². The van der Waals surface area contributed by atoms with Crippen molar-refractivity contribution >= 4 is 23.3 Å². The zero-order chi connectivity index (χ0) is 13.5. The summed E-state index contributed by atoms with van der Waals surface area (Å²) >= 11 is 5.44. The van der Waals surface area contributed by atoms with Crippen LogP contribution in [-0.2, 0) is 6.54 Å². The highest BCUT2D eigenvalue weighted by molar-refractivity contribution is 7.71. The third kappa shape index (κ3) is 2.19. The Morgan fingerprint density at radius 1 is 1.42 bits per heavy atom. The number of aromatic amines is 1. The van der Waals surface area contributed by atoms with Crippen LogP contribution in [-0.4, -0.2) is 9.55 Å². The Morgan fingerprint density at radius 2 is 2.16 bits per heavy atom. The van der Waals surface area contributed by atoms with E-state index in [9.17, 15) is 0 Å². The van der Waals surface area contributed by atoms with Gasteiger partial charge in [-0.3, -0.25) is 0 Å². The summed E-state index contributed by atoms with van der Waals surface area (Å²) in [5.74, 6) is 0. The summed E-state index contributed by atoms with van der Waals surface area (Å²) in [4.78, 5) is 3.24. The minimum Gasteiger partial charge on any atom is -0.331 e. The lowest BCUT2D eigenvalue weighted by Gasteiger charge is -2.24. The van der Waals surface area contributed by atoms with Gasteiger partial charge < -0.3 is 9.55 Å². The number of imidazole rings is 1. The van der Waals surface area contributed by atoms with Gasteiger partial charge in [0.1, 0.15) is 0 Å². The van der Waals surface area contributed by atoms with Crippen molar-refractivity contribution in [3.05, 3.63) is 28.5 Å². The van der Waals surface area contributed by atoms with Crippen molar-refractivity contribution in [3.8, 4) is 6.07 Å². The zero-order valence-corrected chi connectivity index (χ0v) is 11.9. The molecule has 0 saturated heterocycles. The van der Waals surface area contributed by atoms with Gasteiger partial charge in [0.25, 0.3) is 0 Å². The first kappa shape index (κ1) is 12.4. The molecule has 0 unspecified atom stereocenters. The van der Waals surface area contributed by atoms with Gasteiger partial charge in [-0.25, -0.2) is 0 Å². The predicted octanol–water partition coefficient (Wildman–Crippen LogP) is 4.15. The molecule has 0 spiro atoms. The van der Waals surface area contributed by atoms with Crippen molar-refractivity contribution in [2.45, 2.75) is 39.2 Å². The summed E-state index contributed by atoms with van der Waals surface area (Å²) in [5.41, 5.74) is 3.10. The van der Waals surface area contributed by atoms with Gasteiger partial charge in [0, 0.05) is 6.54 Å². The molecule has 1 aliphatic rings. The molecule has 1 saturated carbocycles. The second kappa shape index (κ2) is 4.50. The Morgan fingerprint density at radius 3 is 2.84 bits per heavy atom. The van der Waals surface area contributed by atoms with Gasteiger partial charge >= 0.3 is 0 Å². The molecule has 1 aliphatic carbocycles. The van der Waals surface area contributed by atoms with Crippen LogP contribution in [0.15, 0.2) is 18.2 Å². The van der Waals surface area contributed by atoms with Gasteiger partial charge in [-0.2, -0.15) is 5.26 Å². The number of nitriles is 1. The third-order valence-corrected chi connectivity index (χ3v) is 4.58. The number of benzene rings is 1. The Kier molecular flexibility index (Phi) is 2.94. The van der Waals surface area contributed by atoms with Crippen LogP contribution >= 0.6 is 12.2 Å². The molecule has 3 nitrogen and oxygen atoms in total. The summed E-state index contributed by atoms with van der Waals surface area (Å²) in [6.45, 7) is 3.29. The molecule has 1 heterocycles. The molecule has 1 aromatic heterocycles. The van der Waals surface area contributed by atoms with E-state index >= 15 is 0 Å². The van der Waals surface area contributed by atoms with Crippen LogP contribution in [0.1, 0.15) is 38.2 Å². The summed E-state index contributed by atoms with van der Waals surface area (Å²) < 4.78 is 2.93. The Bertz CT molecular complexity index is 711. The number of nitrogens with one attached hydrogen (secondary N) is 1.